The third-order valence-electron chi connectivity index (χ3n) is 4.86. The minimum Gasteiger partial charge on any atom is -0.490 e. The number of anilines is 1. The number of unbranched alkanes of at least 4 members (excludes halogenated alkanes) is 1. The van der Waals surface area contributed by atoms with Crippen LogP contribution in [0.3, 0.4) is 0 Å². The molecule has 0 aliphatic carbocycles. The lowest BCUT2D eigenvalue weighted by Gasteiger charge is -2.12. The Balaban J connectivity index is 1.90. The maximum Gasteiger partial charge on any atom is 0.341 e. The average molecular weight is 506 g/mol. The Labute approximate surface area is 207 Å². The van der Waals surface area contributed by atoms with Crippen LogP contribution in [-0.2, 0) is 4.74 Å². The molecule has 0 aliphatic heterocycles. The van der Waals surface area contributed by atoms with Crippen LogP contribution in [0.4, 0.5) is 5.00 Å². The van der Waals surface area contributed by atoms with Crippen LogP contribution < -0.4 is 10.1 Å². The van der Waals surface area contributed by atoms with Crippen molar-refractivity contribution in [3.8, 4) is 16.9 Å². The predicted octanol–water partition coefficient (Wildman–Crippen LogP) is 7.64. The number of carbonyl (C=O) groups is 2. The lowest BCUT2D eigenvalue weighted by Crippen LogP contribution is -2.15. The van der Waals surface area contributed by atoms with Crippen molar-refractivity contribution in [1.29, 1.82) is 0 Å². The molecule has 0 saturated heterocycles. The van der Waals surface area contributed by atoms with E-state index < -0.39 is 11.9 Å². The van der Waals surface area contributed by atoms with Gasteiger partial charge in [-0.3, -0.25) is 4.79 Å². The van der Waals surface area contributed by atoms with E-state index in [9.17, 15) is 9.59 Å². The van der Waals surface area contributed by atoms with Gasteiger partial charge in [-0.25, -0.2) is 4.79 Å². The van der Waals surface area contributed by atoms with E-state index in [1.807, 2.05) is 36.6 Å². The Kier molecular flexibility index (Phi) is 8.78. The highest BCUT2D eigenvalue weighted by Gasteiger charge is 2.24. The highest BCUT2D eigenvalue weighted by molar-refractivity contribution is 7.15. The number of rotatable bonds is 9. The molecular weight excluding hydrogens is 481 g/mol. The fourth-order valence-electron chi connectivity index (χ4n) is 3.12. The summed E-state index contributed by atoms with van der Waals surface area (Å²) in [5.41, 5.74) is 3.24. The van der Waals surface area contributed by atoms with Gasteiger partial charge in [0.05, 0.1) is 23.3 Å². The number of nitrogens with one attached hydrogen (secondary N) is 1. The topological polar surface area (TPSA) is 64.6 Å². The largest absolute Gasteiger partial charge is 0.490 e. The number of aryl methyl sites for hydroxylation is 1. The number of amides is 1. The smallest absolute Gasteiger partial charge is 0.341 e. The van der Waals surface area contributed by atoms with Gasteiger partial charge in [0, 0.05) is 16.5 Å². The van der Waals surface area contributed by atoms with Crippen LogP contribution in [-0.4, -0.2) is 25.1 Å². The highest BCUT2D eigenvalue weighted by Crippen LogP contribution is 2.38. The van der Waals surface area contributed by atoms with Crippen molar-refractivity contribution in [2.24, 2.45) is 0 Å². The summed E-state index contributed by atoms with van der Waals surface area (Å²) < 4.78 is 10.9. The molecule has 1 amide bonds. The quantitative estimate of drug-likeness (QED) is 0.239. The molecule has 3 rings (SSSR count). The molecule has 1 heterocycles. The van der Waals surface area contributed by atoms with Gasteiger partial charge in [0.15, 0.2) is 5.75 Å². The molecule has 0 atom stereocenters. The first-order valence-electron chi connectivity index (χ1n) is 10.6. The Morgan fingerprint density at radius 3 is 2.33 bits per heavy atom. The molecule has 174 valence electrons. The number of thiophene rings is 1. The summed E-state index contributed by atoms with van der Waals surface area (Å²) in [6, 6.07) is 10.8. The van der Waals surface area contributed by atoms with Gasteiger partial charge in [-0.05, 0) is 38.0 Å². The molecule has 0 spiro atoms. The maximum atomic E-state index is 13.0. The number of esters is 1. The van der Waals surface area contributed by atoms with Crippen molar-refractivity contribution >= 4 is 51.4 Å². The zero-order valence-electron chi connectivity index (χ0n) is 18.7. The third-order valence-corrected chi connectivity index (χ3v) is 6.32. The molecule has 0 radical (unpaired) electrons. The molecule has 5 nitrogen and oxygen atoms in total. The predicted molar refractivity (Wildman–Crippen MR) is 135 cm³/mol. The molecule has 8 heteroatoms. The third kappa shape index (κ3) is 6.08. The van der Waals surface area contributed by atoms with Crippen molar-refractivity contribution < 1.29 is 19.1 Å². The second-order valence-electron chi connectivity index (χ2n) is 7.37. The summed E-state index contributed by atoms with van der Waals surface area (Å²) in [6.07, 6.45) is 1.84. The van der Waals surface area contributed by atoms with Gasteiger partial charge in [0.1, 0.15) is 10.6 Å². The fraction of sp³-hybridized carbons (Fsp3) is 0.280. The zero-order valence-corrected chi connectivity index (χ0v) is 21.0. The molecule has 33 heavy (non-hydrogen) atoms. The van der Waals surface area contributed by atoms with Crippen LogP contribution in [0.25, 0.3) is 11.1 Å². The van der Waals surface area contributed by atoms with Crippen molar-refractivity contribution in [2.75, 3.05) is 18.5 Å². The van der Waals surface area contributed by atoms with E-state index >= 15 is 0 Å². The second kappa shape index (κ2) is 11.5. The summed E-state index contributed by atoms with van der Waals surface area (Å²) >= 11 is 13.9. The molecule has 2 aromatic carbocycles. The van der Waals surface area contributed by atoms with E-state index in [1.165, 1.54) is 23.5 Å². The monoisotopic (exact) mass is 505 g/mol. The minimum absolute atomic E-state index is 0.222. The number of hydrogen-bond donors (Lipinski definition) is 1. The highest BCUT2D eigenvalue weighted by atomic mass is 35.5. The van der Waals surface area contributed by atoms with Crippen LogP contribution in [0.1, 0.15) is 53.0 Å². The molecule has 0 aliphatic rings. The number of carbonyl (C=O) groups excluding carboxylic acids is 2. The van der Waals surface area contributed by atoms with Crippen molar-refractivity contribution in [1.82, 2.24) is 0 Å². The SMILES string of the molecule is CCCCOc1c(Cl)cc(C(=O)Nc2scc(-c3ccc(C)cc3)c2C(=O)OCC)cc1Cl. The molecule has 0 bridgehead atoms. The Hall–Kier alpha value is -2.54. The van der Waals surface area contributed by atoms with E-state index in [-0.39, 0.29) is 22.2 Å². The van der Waals surface area contributed by atoms with Crippen molar-refractivity contribution in [3.05, 3.63) is 68.5 Å². The van der Waals surface area contributed by atoms with Gasteiger partial charge in [-0.2, -0.15) is 0 Å². The summed E-state index contributed by atoms with van der Waals surface area (Å²) in [5, 5.41) is 5.54. The average Bonchev–Trinajstić information content (AvgIpc) is 3.19. The minimum atomic E-state index is -0.500. The van der Waals surface area contributed by atoms with Gasteiger partial charge >= 0.3 is 5.97 Å². The molecule has 3 aromatic rings. The van der Waals surface area contributed by atoms with Gasteiger partial charge in [0.2, 0.25) is 0 Å². The van der Waals surface area contributed by atoms with Gasteiger partial charge in [-0.15, -0.1) is 11.3 Å². The molecular formula is C25H25Cl2NO4S. The number of hydrogen-bond acceptors (Lipinski definition) is 5. The molecule has 1 aromatic heterocycles. The summed E-state index contributed by atoms with van der Waals surface area (Å²) in [4.78, 5) is 25.8. The van der Waals surface area contributed by atoms with Crippen molar-refractivity contribution in [2.45, 2.75) is 33.6 Å². The second-order valence-corrected chi connectivity index (χ2v) is 9.06. The van der Waals surface area contributed by atoms with E-state index in [4.69, 9.17) is 32.7 Å². The van der Waals surface area contributed by atoms with Crippen LogP contribution in [0.5, 0.6) is 5.75 Å². The van der Waals surface area contributed by atoms with Crippen LogP contribution >= 0.6 is 34.5 Å². The molecule has 0 fully saturated rings. The standard InChI is InChI=1S/C25H25Cl2NO4S/c1-4-6-11-32-22-19(26)12-17(13-20(22)27)23(29)28-24-21(25(30)31-5-2)18(14-33-24)16-9-7-15(3)8-10-16/h7-10,12-14H,4-6,11H2,1-3H3,(H,28,29). The number of halogens is 2. The number of ether oxygens (including phenoxy) is 2. The van der Waals surface area contributed by atoms with Gasteiger partial charge in [-0.1, -0.05) is 66.4 Å². The number of benzene rings is 2. The van der Waals surface area contributed by atoms with E-state index in [1.54, 1.807) is 6.92 Å². The van der Waals surface area contributed by atoms with Crippen LogP contribution in [0, 0.1) is 6.92 Å². The van der Waals surface area contributed by atoms with E-state index in [2.05, 4.69) is 12.2 Å². The first-order valence-corrected chi connectivity index (χ1v) is 12.3. The summed E-state index contributed by atoms with van der Waals surface area (Å²) in [6.45, 7) is 6.49. The lowest BCUT2D eigenvalue weighted by atomic mass is 10.0. The van der Waals surface area contributed by atoms with E-state index in [0.29, 0.717) is 28.5 Å². The Morgan fingerprint density at radius 2 is 1.73 bits per heavy atom. The van der Waals surface area contributed by atoms with Gasteiger partial charge < -0.3 is 14.8 Å². The van der Waals surface area contributed by atoms with Gasteiger partial charge in [0.25, 0.3) is 5.91 Å². The maximum absolute atomic E-state index is 13.0. The first-order chi connectivity index (χ1) is 15.8. The first kappa shape index (κ1) is 25.1. The fourth-order valence-corrected chi connectivity index (χ4v) is 4.67. The zero-order chi connectivity index (χ0) is 24.0. The van der Waals surface area contributed by atoms with Crippen LogP contribution in [0.15, 0.2) is 41.8 Å². The van der Waals surface area contributed by atoms with Crippen LogP contribution in [0.2, 0.25) is 10.0 Å². The molecule has 0 saturated carbocycles. The van der Waals surface area contributed by atoms with E-state index in [0.717, 1.165) is 24.0 Å². The summed E-state index contributed by atoms with van der Waals surface area (Å²) in [5.74, 6) is -0.588. The molecule has 0 unspecified atom stereocenters. The summed E-state index contributed by atoms with van der Waals surface area (Å²) in [7, 11) is 0. The Bertz CT molecular complexity index is 1120. The molecule has 1 N–H and O–H groups in total. The normalized spacial score (nSPS) is 10.7. The van der Waals surface area contributed by atoms with Crippen molar-refractivity contribution in [3.63, 3.8) is 0 Å². The Morgan fingerprint density at radius 1 is 1.06 bits per heavy atom. The lowest BCUT2D eigenvalue weighted by molar-refractivity contribution is 0.0529.